The standard InChI is InChI=1S/C20H19NO3/c1-4-21-13(2)18(15-10-6-8-12-17(15)21)20(23-3)16-11-7-5-9-14(16)19(22)24-20/h5-12H,4H2,1-3H3. The van der Waals surface area contributed by atoms with Crippen LogP contribution in [0.25, 0.3) is 10.9 Å². The zero-order valence-electron chi connectivity index (χ0n) is 14.0. The first kappa shape index (κ1) is 15.0. The molecule has 0 amide bonds. The predicted octanol–water partition coefficient (Wildman–Crippen LogP) is 3.99. The summed E-state index contributed by atoms with van der Waals surface area (Å²) in [7, 11) is 1.59. The molecule has 1 atom stereocenters. The number of benzene rings is 2. The number of aryl methyl sites for hydroxylation is 1. The van der Waals surface area contributed by atoms with Crippen LogP contribution in [0, 0.1) is 6.92 Å². The number of nitrogens with zero attached hydrogens (tertiary/aromatic N) is 1. The van der Waals surface area contributed by atoms with E-state index in [1.165, 1.54) is 0 Å². The minimum atomic E-state index is -1.20. The number of aromatic nitrogens is 1. The lowest BCUT2D eigenvalue weighted by atomic mass is 9.93. The van der Waals surface area contributed by atoms with E-state index < -0.39 is 5.79 Å². The molecule has 4 nitrogen and oxygen atoms in total. The molecule has 1 aromatic heterocycles. The normalized spacial score (nSPS) is 19.5. The van der Waals surface area contributed by atoms with Crippen molar-refractivity contribution >= 4 is 16.9 Å². The number of carbonyl (C=O) groups excluding carboxylic acids is 1. The van der Waals surface area contributed by atoms with Crippen LogP contribution < -0.4 is 0 Å². The van der Waals surface area contributed by atoms with Crippen LogP contribution in [0.1, 0.15) is 34.1 Å². The largest absolute Gasteiger partial charge is 0.420 e. The Kier molecular flexibility index (Phi) is 3.25. The molecule has 24 heavy (non-hydrogen) atoms. The molecule has 0 saturated heterocycles. The average molecular weight is 321 g/mol. The zero-order valence-corrected chi connectivity index (χ0v) is 14.0. The van der Waals surface area contributed by atoms with E-state index in [9.17, 15) is 4.79 Å². The maximum Gasteiger partial charge on any atom is 0.341 e. The number of methoxy groups -OCH3 is 1. The summed E-state index contributed by atoms with van der Waals surface area (Å²) in [6.07, 6.45) is 0. The first-order valence-electron chi connectivity index (χ1n) is 8.10. The molecule has 0 spiro atoms. The van der Waals surface area contributed by atoms with Crippen molar-refractivity contribution in [3.05, 3.63) is 70.9 Å². The van der Waals surface area contributed by atoms with E-state index in [0.29, 0.717) is 5.56 Å². The lowest BCUT2D eigenvalue weighted by Gasteiger charge is -2.28. The number of hydrogen-bond donors (Lipinski definition) is 0. The second-order valence-corrected chi connectivity index (χ2v) is 5.98. The van der Waals surface area contributed by atoms with Gasteiger partial charge in [0.15, 0.2) is 0 Å². The van der Waals surface area contributed by atoms with E-state index in [4.69, 9.17) is 9.47 Å². The van der Waals surface area contributed by atoms with Gasteiger partial charge in [0.25, 0.3) is 5.79 Å². The number of hydrogen-bond acceptors (Lipinski definition) is 3. The van der Waals surface area contributed by atoms with Crippen molar-refractivity contribution in [3.63, 3.8) is 0 Å². The number of rotatable bonds is 3. The molecule has 4 rings (SSSR count). The third-order valence-electron chi connectivity index (χ3n) is 4.90. The van der Waals surface area contributed by atoms with Gasteiger partial charge in [-0.2, -0.15) is 0 Å². The monoisotopic (exact) mass is 321 g/mol. The smallest absolute Gasteiger partial charge is 0.341 e. The summed E-state index contributed by atoms with van der Waals surface area (Å²) < 4.78 is 13.9. The number of ether oxygens (including phenoxy) is 2. The summed E-state index contributed by atoms with van der Waals surface area (Å²) in [5.41, 5.74) is 4.39. The maximum absolute atomic E-state index is 12.4. The summed E-state index contributed by atoms with van der Waals surface area (Å²) in [5, 5.41) is 1.04. The van der Waals surface area contributed by atoms with Gasteiger partial charge in [-0.15, -0.1) is 0 Å². The number of cyclic esters (lactones) is 1. The van der Waals surface area contributed by atoms with E-state index >= 15 is 0 Å². The zero-order chi connectivity index (χ0) is 16.9. The van der Waals surface area contributed by atoms with E-state index in [-0.39, 0.29) is 5.97 Å². The number of esters is 1. The lowest BCUT2D eigenvalue weighted by molar-refractivity contribution is -0.154. The molecule has 0 bridgehead atoms. The Morgan fingerprint density at radius 3 is 2.58 bits per heavy atom. The number of carbonyl (C=O) groups is 1. The second kappa shape index (κ2) is 5.21. The molecule has 4 heteroatoms. The molecule has 0 saturated carbocycles. The van der Waals surface area contributed by atoms with Crippen molar-refractivity contribution in [2.75, 3.05) is 7.11 Å². The third-order valence-corrected chi connectivity index (χ3v) is 4.90. The van der Waals surface area contributed by atoms with Crippen LogP contribution in [-0.2, 0) is 21.8 Å². The molecule has 3 aromatic rings. The van der Waals surface area contributed by atoms with Crippen molar-refractivity contribution in [3.8, 4) is 0 Å². The van der Waals surface area contributed by atoms with Crippen LogP contribution >= 0.6 is 0 Å². The van der Waals surface area contributed by atoms with Crippen LogP contribution in [0.4, 0.5) is 0 Å². The predicted molar refractivity (Wildman–Crippen MR) is 92.0 cm³/mol. The Balaban J connectivity index is 2.11. The van der Waals surface area contributed by atoms with Gasteiger partial charge >= 0.3 is 5.97 Å². The van der Waals surface area contributed by atoms with Gasteiger partial charge < -0.3 is 14.0 Å². The highest BCUT2D eigenvalue weighted by Crippen LogP contribution is 2.47. The fourth-order valence-corrected chi connectivity index (χ4v) is 3.88. The van der Waals surface area contributed by atoms with E-state index in [1.54, 1.807) is 13.2 Å². The highest BCUT2D eigenvalue weighted by Gasteiger charge is 2.50. The van der Waals surface area contributed by atoms with Crippen LogP contribution in [0.3, 0.4) is 0 Å². The summed E-state index contributed by atoms with van der Waals surface area (Å²) in [6, 6.07) is 15.6. The van der Waals surface area contributed by atoms with Crippen molar-refractivity contribution in [1.82, 2.24) is 4.57 Å². The summed E-state index contributed by atoms with van der Waals surface area (Å²) in [4.78, 5) is 12.4. The Labute approximate surface area is 140 Å². The van der Waals surface area contributed by atoms with Crippen molar-refractivity contribution in [2.24, 2.45) is 0 Å². The summed E-state index contributed by atoms with van der Waals surface area (Å²) >= 11 is 0. The van der Waals surface area contributed by atoms with Crippen LogP contribution in [0.5, 0.6) is 0 Å². The van der Waals surface area contributed by atoms with Gasteiger partial charge in [-0.25, -0.2) is 4.79 Å². The van der Waals surface area contributed by atoms with E-state index in [2.05, 4.69) is 23.6 Å². The first-order chi connectivity index (χ1) is 11.6. The fraction of sp³-hybridized carbons (Fsp3) is 0.250. The van der Waals surface area contributed by atoms with Gasteiger partial charge in [0.05, 0.1) is 11.1 Å². The molecule has 2 aromatic carbocycles. The topological polar surface area (TPSA) is 40.5 Å². The highest BCUT2D eigenvalue weighted by molar-refractivity contribution is 5.97. The molecule has 0 N–H and O–H groups in total. The molecule has 2 heterocycles. The molecule has 0 radical (unpaired) electrons. The van der Waals surface area contributed by atoms with Crippen LogP contribution in [0.15, 0.2) is 48.5 Å². The van der Waals surface area contributed by atoms with E-state index in [1.807, 2.05) is 37.3 Å². The van der Waals surface area contributed by atoms with Crippen molar-refractivity contribution in [1.29, 1.82) is 0 Å². The van der Waals surface area contributed by atoms with Crippen molar-refractivity contribution < 1.29 is 14.3 Å². The SMILES string of the molecule is CCn1c(C)c(C2(OC)OC(=O)c3ccccc32)c2ccccc21. The van der Waals surface area contributed by atoms with E-state index in [0.717, 1.165) is 34.3 Å². The summed E-state index contributed by atoms with van der Waals surface area (Å²) in [6.45, 7) is 4.99. The van der Waals surface area contributed by atoms with Crippen molar-refractivity contribution in [2.45, 2.75) is 26.2 Å². The first-order valence-corrected chi connectivity index (χ1v) is 8.10. The Morgan fingerprint density at radius 1 is 1.12 bits per heavy atom. The minimum absolute atomic E-state index is 0.347. The van der Waals surface area contributed by atoms with Gasteiger partial charge in [0, 0.05) is 35.8 Å². The lowest BCUT2D eigenvalue weighted by Crippen LogP contribution is -2.31. The quantitative estimate of drug-likeness (QED) is 0.685. The molecule has 1 aliphatic rings. The summed E-state index contributed by atoms with van der Waals surface area (Å²) in [5.74, 6) is -1.54. The third kappa shape index (κ3) is 1.74. The minimum Gasteiger partial charge on any atom is -0.420 e. The van der Waals surface area contributed by atoms with Gasteiger partial charge in [-0.1, -0.05) is 36.4 Å². The maximum atomic E-state index is 12.4. The van der Waals surface area contributed by atoms with Crippen LogP contribution in [-0.4, -0.2) is 17.6 Å². The van der Waals surface area contributed by atoms with Gasteiger partial charge in [-0.3, -0.25) is 0 Å². The van der Waals surface area contributed by atoms with Gasteiger partial charge in [0.1, 0.15) is 0 Å². The van der Waals surface area contributed by atoms with Gasteiger partial charge in [0.2, 0.25) is 0 Å². The Hall–Kier alpha value is -2.59. The molecule has 1 unspecified atom stereocenters. The molecule has 122 valence electrons. The Morgan fingerprint density at radius 2 is 1.83 bits per heavy atom. The number of para-hydroxylation sites is 1. The second-order valence-electron chi connectivity index (χ2n) is 5.98. The Bertz CT molecular complexity index is 957. The number of fused-ring (bicyclic) bond motifs is 2. The molecule has 0 fully saturated rings. The highest BCUT2D eigenvalue weighted by atomic mass is 16.7. The molecular formula is C20H19NO3. The average Bonchev–Trinajstić information content (AvgIpc) is 3.07. The fourth-order valence-electron chi connectivity index (χ4n) is 3.88. The van der Waals surface area contributed by atoms with Gasteiger partial charge in [-0.05, 0) is 26.0 Å². The molecular weight excluding hydrogens is 302 g/mol. The van der Waals surface area contributed by atoms with Crippen LogP contribution in [0.2, 0.25) is 0 Å². The molecule has 0 aliphatic carbocycles. The molecule has 1 aliphatic heterocycles.